The van der Waals surface area contributed by atoms with Gasteiger partial charge in [-0.1, -0.05) is 42.5 Å². The molecule has 0 aliphatic carbocycles. The van der Waals surface area contributed by atoms with Crippen LogP contribution in [-0.2, 0) is 13.5 Å². The number of rotatable bonds is 8. The van der Waals surface area contributed by atoms with E-state index in [1.165, 1.54) is 0 Å². The van der Waals surface area contributed by atoms with Crippen molar-refractivity contribution in [2.45, 2.75) is 32.7 Å². The fraction of sp³-hybridized carbons (Fsp3) is 0.276. The number of aryl methyl sites for hydroxylation is 3. The molecule has 0 saturated carbocycles. The normalized spacial score (nSPS) is 11.9. The molecule has 6 nitrogen and oxygen atoms in total. The third-order valence-corrected chi connectivity index (χ3v) is 6.53. The quantitative estimate of drug-likeness (QED) is 0.408. The molecule has 0 aliphatic rings. The first-order valence-electron chi connectivity index (χ1n) is 11.9. The molecule has 1 unspecified atom stereocenters. The first-order chi connectivity index (χ1) is 16.8. The minimum Gasteiger partial charge on any atom is -0.351 e. The molecule has 6 heteroatoms. The molecule has 4 aromatic rings. The SMILES string of the molecule is Cc1cc(C)c2cccc(C(=O)N(C)C(CCNC(=O)c3cccn3C)Cc3ccccc3)c2n1. The van der Waals surface area contributed by atoms with Gasteiger partial charge in [0.2, 0.25) is 0 Å². The van der Waals surface area contributed by atoms with Crippen LogP contribution in [0, 0.1) is 13.8 Å². The third-order valence-electron chi connectivity index (χ3n) is 6.53. The van der Waals surface area contributed by atoms with Gasteiger partial charge in [0.15, 0.2) is 0 Å². The average molecular weight is 469 g/mol. The van der Waals surface area contributed by atoms with E-state index in [4.69, 9.17) is 4.98 Å². The van der Waals surface area contributed by atoms with Crippen molar-refractivity contribution in [3.8, 4) is 0 Å². The van der Waals surface area contributed by atoms with Crippen molar-refractivity contribution in [1.82, 2.24) is 19.8 Å². The maximum atomic E-state index is 13.7. The van der Waals surface area contributed by atoms with Crippen molar-refractivity contribution in [3.63, 3.8) is 0 Å². The number of hydrogen-bond acceptors (Lipinski definition) is 3. The van der Waals surface area contributed by atoms with Gasteiger partial charge in [-0.15, -0.1) is 0 Å². The molecule has 0 fully saturated rings. The molecule has 0 radical (unpaired) electrons. The van der Waals surface area contributed by atoms with E-state index in [-0.39, 0.29) is 17.9 Å². The van der Waals surface area contributed by atoms with Crippen LogP contribution in [0.4, 0.5) is 0 Å². The highest BCUT2D eigenvalue weighted by atomic mass is 16.2. The van der Waals surface area contributed by atoms with Gasteiger partial charge in [0, 0.05) is 44.0 Å². The molecule has 0 bridgehead atoms. The highest BCUT2D eigenvalue weighted by molar-refractivity contribution is 6.06. The topological polar surface area (TPSA) is 67.2 Å². The predicted molar refractivity (Wildman–Crippen MR) is 140 cm³/mol. The molecule has 1 N–H and O–H groups in total. The maximum Gasteiger partial charge on any atom is 0.267 e. The van der Waals surface area contributed by atoms with Crippen LogP contribution in [0.25, 0.3) is 10.9 Å². The van der Waals surface area contributed by atoms with Gasteiger partial charge in [0.25, 0.3) is 11.8 Å². The standard InChI is InChI=1S/C29H32N4O2/c1-20-18-21(2)31-27-24(20)12-8-13-25(27)29(35)33(4)23(19-22-10-6-5-7-11-22)15-16-30-28(34)26-14-9-17-32(26)3/h5-14,17-18,23H,15-16,19H2,1-4H3,(H,30,34). The highest BCUT2D eigenvalue weighted by Crippen LogP contribution is 2.23. The molecule has 1 atom stereocenters. The molecule has 2 aromatic heterocycles. The monoisotopic (exact) mass is 468 g/mol. The lowest BCUT2D eigenvalue weighted by Crippen LogP contribution is -2.41. The average Bonchev–Trinajstić information content (AvgIpc) is 3.28. The van der Waals surface area contributed by atoms with Crippen molar-refractivity contribution < 1.29 is 9.59 Å². The van der Waals surface area contributed by atoms with Crippen LogP contribution in [0.15, 0.2) is 72.9 Å². The molecule has 0 aliphatic heterocycles. The molecular formula is C29H32N4O2. The van der Waals surface area contributed by atoms with Gasteiger partial charge in [0.05, 0.1) is 11.1 Å². The van der Waals surface area contributed by atoms with E-state index in [1.54, 1.807) is 15.5 Å². The minimum absolute atomic E-state index is 0.0669. The summed E-state index contributed by atoms with van der Waals surface area (Å²) in [6, 6.07) is 21.5. The van der Waals surface area contributed by atoms with E-state index in [2.05, 4.69) is 17.4 Å². The van der Waals surface area contributed by atoms with Gasteiger partial charge in [0.1, 0.15) is 5.69 Å². The van der Waals surface area contributed by atoms with Crippen molar-refractivity contribution in [2.24, 2.45) is 7.05 Å². The number of likely N-dealkylation sites (N-methyl/N-ethyl adjacent to an activating group) is 1. The van der Waals surface area contributed by atoms with Crippen LogP contribution in [0.2, 0.25) is 0 Å². The molecule has 0 saturated heterocycles. The Kier molecular flexibility index (Phi) is 7.30. The largest absolute Gasteiger partial charge is 0.351 e. The fourth-order valence-electron chi connectivity index (χ4n) is 4.57. The Hall–Kier alpha value is -3.93. The van der Waals surface area contributed by atoms with E-state index >= 15 is 0 Å². The van der Waals surface area contributed by atoms with Crippen LogP contribution in [-0.4, -0.2) is 45.9 Å². The number of amides is 2. The Labute approximate surface area is 206 Å². The number of benzene rings is 2. The number of fused-ring (bicyclic) bond motifs is 1. The predicted octanol–water partition coefficient (Wildman–Crippen LogP) is 4.69. The van der Waals surface area contributed by atoms with E-state index in [0.29, 0.717) is 30.6 Å². The van der Waals surface area contributed by atoms with Crippen molar-refractivity contribution in [3.05, 3.63) is 101 Å². The van der Waals surface area contributed by atoms with E-state index in [0.717, 1.165) is 27.7 Å². The molecule has 2 heterocycles. The Morgan fingerprint density at radius 1 is 1.03 bits per heavy atom. The number of pyridine rings is 1. The molecule has 2 amide bonds. The summed E-state index contributed by atoms with van der Waals surface area (Å²) in [5.41, 5.74) is 5.09. The number of nitrogens with one attached hydrogen (secondary N) is 1. The maximum absolute atomic E-state index is 13.7. The van der Waals surface area contributed by atoms with Gasteiger partial charge in [-0.05, 0) is 62.1 Å². The van der Waals surface area contributed by atoms with Gasteiger partial charge in [-0.3, -0.25) is 14.6 Å². The number of nitrogens with zero attached hydrogens (tertiary/aromatic N) is 3. The summed E-state index contributed by atoms with van der Waals surface area (Å²) in [6.07, 6.45) is 3.17. The van der Waals surface area contributed by atoms with E-state index in [9.17, 15) is 9.59 Å². The summed E-state index contributed by atoms with van der Waals surface area (Å²) in [6.45, 7) is 4.46. The zero-order valence-corrected chi connectivity index (χ0v) is 20.8. The zero-order chi connectivity index (χ0) is 24.9. The van der Waals surface area contributed by atoms with Crippen molar-refractivity contribution in [1.29, 1.82) is 0 Å². The van der Waals surface area contributed by atoms with Gasteiger partial charge in [-0.2, -0.15) is 0 Å². The second-order valence-corrected chi connectivity index (χ2v) is 9.09. The summed E-state index contributed by atoms with van der Waals surface area (Å²) < 4.78 is 1.80. The second kappa shape index (κ2) is 10.6. The number of carbonyl (C=O) groups excluding carboxylic acids is 2. The number of aromatic nitrogens is 2. The summed E-state index contributed by atoms with van der Waals surface area (Å²) in [5.74, 6) is -0.183. The molecule has 180 valence electrons. The van der Waals surface area contributed by atoms with Gasteiger partial charge in [-0.25, -0.2) is 0 Å². The lowest BCUT2D eigenvalue weighted by Gasteiger charge is -2.29. The number of carbonyl (C=O) groups is 2. The van der Waals surface area contributed by atoms with Crippen LogP contribution >= 0.6 is 0 Å². The van der Waals surface area contributed by atoms with Crippen molar-refractivity contribution in [2.75, 3.05) is 13.6 Å². The first-order valence-corrected chi connectivity index (χ1v) is 11.9. The van der Waals surface area contributed by atoms with Crippen LogP contribution in [0.3, 0.4) is 0 Å². The summed E-state index contributed by atoms with van der Waals surface area (Å²) >= 11 is 0. The van der Waals surface area contributed by atoms with Crippen LogP contribution in [0.1, 0.15) is 44.1 Å². The van der Waals surface area contributed by atoms with Crippen LogP contribution in [0.5, 0.6) is 0 Å². The Morgan fingerprint density at radius 3 is 2.51 bits per heavy atom. The second-order valence-electron chi connectivity index (χ2n) is 9.09. The summed E-state index contributed by atoms with van der Waals surface area (Å²) in [4.78, 5) is 32.8. The molecule has 4 rings (SSSR count). The van der Waals surface area contributed by atoms with Crippen molar-refractivity contribution >= 4 is 22.7 Å². The lowest BCUT2D eigenvalue weighted by atomic mass is 9.99. The Morgan fingerprint density at radius 2 is 1.80 bits per heavy atom. The van der Waals surface area contributed by atoms with E-state index < -0.39 is 0 Å². The third kappa shape index (κ3) is 5.43. The molecule has 35 heavy (non-hydrogen) atoms. The molecular weight excluding hydrogens is 436 g/mol. The van der Waals surface area contributed by atoms with Gasteiger partial charge < -0.3 is 14.8 Å². The smallest absolute Gasteiger partial charge is 0.267 e. The zero-order valence-electron chi connectivity index (χ0n) is 20.8. The summed E-state index contributed by atoms with van der Waals surface area (Å²) in [5, 5.41) is 4.00. The highest BCUT2D eigenvalue weighted by Gasteiger charge is 2.24. The number of hydrogen-bond donors (Lipinski definition) is 1. The minimum atomic E-state index is -0.117. The Bertz CT molecular complexity index is 1340. The van der Waals surface area contributed by atoms with E-state index in [1.807, 2.05) is 82.7 Å². The lowest BCUT2D eigenvalue weighted by molar-refractivity contribution is 0.0724. The van der Waals surface area contributed by atoms with Gasteiger partial charge >= 0.3 is 0 Å². The van der Waals surface area contributed by atoms with Crippen LogP contribution < -0.4 is 5.32 Å². The molecule has 0 spiro atoms. The Balaban J connectivity index is 1.56. The molecule has 2 aromatic carbocycles. The fourth-order valence-corrected chi connectivity index (χ4v) is 4.57. The summed E-state index contributed by atoms with van der Waals surface area (Å²) in [7, 11) is 3.69. The number of para-hydroxylation sites is 1. The first kappa shape index (κ1) is 24.2.